The SMILES string of the molecule is Cc1cccc(C)c1-n1ccn(Cc2nc(-c3cccc(C(F)(F)F)c3)no2)c(=O)c1=O. The summed E-state index contributed by atoms with van der Waals surface area (Å²) in [7, 11) is 0. The summed E-state index contributed by atoms with van der Waals surface area (Å²) in [6.45, 7) is 3.48. The van der Waals surface area contributed by atoms with Crippen LogP contribution in [-0.2, 0) is 12.7 Å². The Kier molecular flexibility index (Phi) is 5.29. The number of aryl methyl sites for hydroxylation is 2. The number of para-hydroxylation sites is 1. The van der Waals surface area contributed by atoms with Crippen LogP contribution < -0.4 is 11.1 Å². The van der Waals surface area contributed by atoms with Crippen molar-refractivity contribution in [1.82, 2.24) is 19.3 Å². The molecule has 0 aliphatic rings. The number of hydrogen-bond donors (Lipinski definition) is 0. The van der Waals surface area contributed by atoms with E-state index in [-0.39, 0.29) is 23.8 Å². The minimum Gasteiger partial charge on any atom is -0.337 e. The van der Waals surface area contributed by atoms with E-state index in [9.17, 15) is 22.8 Å². The second-order valence-electron chi connectivity index (χ2n) is 7.24. The highest BCUT2D eigenvalue weighted by Gasteiger charge is 2.30. The van der Waals surface area contributed by atoms with Crippen LogP contribution in [0.4, 0.5) is 13.2 Å². The van der Waals surface area contributed by atoms with Crippen molar-refractivity contribution in [3.8, 4) is 17.1 Å². The highest BCUT2D eigenvalue weighted by Crippen LogP contribution is 2.31. The van der Waals surface area contributed by atoms with Crippen LogP contribution >= 0.6 is 0 Å². The summed E-state index contributed by atoms with van der Waals surface area (Å²) in [4.78, 5) is 29.4. The van der Waals surface area contributed by atoms with Crippen molar-refractivity contribution in [2.24, 2.45) is 0 Å². The lowest BCUT2D eigenvalue weighted by molar-refractivity contribution is -0.137. The average molecular weight is 442 g/mol. The van der Waals surface area contributed by atoms with Crippen molar-refractivity contribution >= 4 is 0 Å². The standard InChI is InChI=1S/C22H17F3N4O3/c1-13-5-3-6-14(2)18(13)29-10-9-28(20(30)21(29)31)12-17-26-19(27-32-17)15-7-4-8-16(11-15)22(23,24)25/h3-11H,12H2,1-2H3. The van der Waals surface area contributed by atoms with Crippen LogP contribution in [0.15, 0.2) is 69.0 Å². The van der Waals surface area contributed by atoms with Gasteiger partial charge in [0.25, 0.3) is 0 Å². The van der Waals surface area contributed by atoms with Crippen LogP contribution in [0.2, 0.25) is 0 Å². The summed E-state index contributed by atoms with van der Waals surface area (Å²) in [6.07, 6.45) is -1.61. The molecule has 0 atom stereocenters. The molecule has 0 unspecified atom stereocenters. The Hall–Kier alpha value is -3.95. The minimum absolute atomic E-state index is 0.0243. The molecule has 164 valence electrons. The Morgan fingerprint density at radius 2 is 1.66 bits per heavy atom. The quantitative estimate of drug-likeness (QED) is 0.450. The van der Waals surface area contributed by atoms with Crippen molar-refractivity contribution < 1.29 is 17.7 Å². The zero-order chi connectivity index (χ0) is 23.0. The minimum atomic E-state index is -4.50. The van der Waals surface area contributed by atoms with E-state index >= 15 is 0 Å². The van der Waals surface area contributed by atoms with Crippen LogP contribution in [0.5, 0.6) is 0 Å². The lowest BCUT2D eigenvalue weighted by Crippen LogP contribution is -2.40. The van der Waals surface area contributed by atoms with Crippen LogP contribution in [0, 0.1) is 13.8 Å². The lowest BCUT2D eigenvalue weighted by atomic mass is 10.1. The molecule has 10 heteroatoms. The summed E-state index contributed by atoms with van der Waals surface area (Å²) < 4.78 is 46.3. The van der Waals surface area contributed by atoms with Crippen molar-refractivity contribution in [3.63, 3.8) is 0 Å². The Balaban J connectivity index is 1.64. The molecule has 0 saturated carbocycles. The van der Waals surface area contributed by atoms with E-state index < -0.39 is 22.9 Å². The fraction of sp³-hybridized carbons (Fsp3) is 0.182. The van der Waals surface area contributed by atoms with Crippen molar-refractivity contribution in [3.05, 3.63) is 98.1 Å². The maximum absolute atomic E-state index is 12.9. The van der Waals surface area contributed by atoms with E-state index in [1.807, 2.05) is 32.0 Å². The average Bonchev–Trinajstić information content (AvgIpc) is 3.21. The molecular formula is C22H17F3N4O3. The van der Waals surface area contributed by atoms with Gasteiger partial charge < -0.3 is 4.52 Å². The molecule has 2 heterocycles. The molecule has 4 aromatic rings. The predicted molar refractivity (Wildman–Crippen MR) is 110 cm³/mol. The van der Waals surface area contributed by atoms with Gasteiger partial charge in [0.05, 0.1) is 11.3 Å². The van der Waals surface area contributed by atoms with E-state index in [0.29, 0.717) is 5.69 Å². The lowest BCUT2D eigenvalue weighted by Gasteiger charge is -2.12. The number of aromatic nitrogens is 4. The Morgan fingerprint density at radius 3 is 2.34 bits per heavy atom. The molecule has 0 N–H and O–H groups in total. The number of halogens is 3. The van der Waals surface area contributed by atoms with Crippen LogP contribution in [0.1, 0.15) is 22.6 Å². The van der Waals surface area contributed by atoms with E-state index in [1.54, 1.807) is 0 Å². The van der Waals surface area contributed by atoms with Gasteiger partial charge >= 0.3 is 17.3 Å². The molecule has 0 bridgehead atoms. The zero-order valence-corrected chi connectivity index (χ0v) is 17.1. The summed E-state index contributed by atoms with van der Waals surface area (Å²) in [6, 6.07) is 10.1. The highest BCUT2D eigenvalue weighted by atomic mass is 19.4. The van der Waals surface area contributed by atoms with Gasteiger partial charge in [0.2, 0.25) is 11.7 Å². The fourth-order valence-corrected chi connectivity index (χ4v) is 3.41. The maximum atomic E-state index is 12.9. The third-order valence-electron chi connectivity index (χ3n) is 4.96. The monoisotopic (exact) mass is 442 g/mol. The third kappa shape index (κ3) is 3.98. The van der Waals surface area contributed by atoms with Gasteiger partial charge in [-0.25, -0.2) is 0 Å². The first-order chi connectivity index (χ1) is 15.1. The van der Waals surface area contributed by atoms with Gasteiger partial charge in [0.15, 0.2) is 0 Å². The molecule has 0 aliphatic carbocycles. The van der Waals surface area contributed by atoms with Crippen molar-refractivity contribution in [2.75, 3.05) is 0 Å². The zero-order valence-electron chi connectivity index (χ0n) is 17.1. The van der Waals surface area contributed by atoms with Gasteiger partial charge in [-0.2, -0.15) is 18.2 Å². The van der Waals surface area contributed by atoms with Crippen LogP contribution in [-0.4, -0.2) is 19.3 Å². The number of benzene rings is 2. The van der Waals surface area contributed by atoms with Gasteiger partial charge in [-0.15, -0.1) is 0 Å². The Morgan fingerprint density at radius 1 is 0.969 bits per heavy atom. The first-order valence-corrected chi connectivity index (χ1v) is 9.54. The second-order valence-corrected chi connectivity index (χ2v) is 7.24. The van der Waals surface area contributed by atoms with Gasteiger partial charge in [0.1, 0.15) is 6.54 Å². The highest BCUT2D eigenvalue weighted by molar-refractivity contribution is 5.55. The number of rotatable bonds is 4. The molecule has 0 aliphatic heterocycles. The first-order valence-electron chi connectivity index (χ1n) is 9.54. The van der Waals surface area contributed by atoms with E-state index in [2.05, 4.69) is 10.1 Å². The molecule has 0 spiro atoms. The Bertz CT molecular complexity index is 1400. The van der Waals surface area contributed by atoms with Gasteiger partial charge in [0, 0.05) is 18.0 Å². The molecule has 0 fully saturated rings. The first kappa shape index (κ1) is 21.3. The summed E-state index contributed by atoms with van der Waals surface area (Å²) >= 11 is 0. The topological polar surface area (TPSA) is 82.9 Å². The van der Waals surface area contributed by atoms with E-state index in [4.69, 9.17) is 4.52 Å². The summed E-state index contributed by atoms with van der Waals surface area (Å²) in [5, 5.41) is 3.69. The van der Waals surface area contributed by atoms with E-state index in [1.165, 1.54) is 29.1 Å². The molecular weight excluding hydrogens is 425 g/mol. The summed E-state index contributed by atoms with van der Waals surface area (Å²) in [5.74, 6) is -0.0771. The van der Waals surface area contributed by atoms with Crippen molar-refractivity contribution in [2.45, 2.75) is 26.6 Å². The van der Waals surface area contributed by atoms with E-state index in [0.717, 1.165) is 27.8 Å². The van der Waals surface area contributed by atoms with Gasteiger partial charge in [-0.3, -0.25) is 18.7 Å². The van der Waals surface area contributed by atoms with Gasteiger partial charge in [-0.1, -0.05) is 35.5 Å². The largest absolute Gasteiger partial charge is 0.416 e. The predicted octanol–water partition coefficient (Wildman–Crippen LogP) is 3.73. The second kappa shape index (κ2) is 7.95. The third-order valence-corrected chi connectivity index (χ3v) is 4.96. The molecule has 2 aromatic carbocycles. The Labute approximate surface area is 179 Å². The molecule has 2 aromatic heterocycles. The van der Waals surface area contributed by atoms with Gasteiger partial charge in [-0.05, 0) is 37.1 Å². The molecule has 0 amide bonds. The smallest absolute Gasteiger partial charge is 0.337 e. The molecule has 0 saturated heterocycles. The summed E-state index contributed by atoms with van der Waals surface area (Å²) in [5.41, 5.74) is 0.0434. The van der Waals surface area contributed by atoms with Crippen LogP contribution in [0.3, 0.4) is 0 Å². The number of nitrogens with zero attached hydrogens (tertiary/aromatic N) is 4. The molecule has 4 rings (SSSR count). The molecule has 7 nitrogen and oxygen atoms in total. The van der Waals surface area contributed by atoms with Crippen molar-refractivity contribution in [1.29, 1.82) is 0 Å². The maximum Gasteiger partial charge on any atom is 0.416 e. The number of hydrogen-bond acceptors (Lipinski definition) is 5. The normalized spacial score (nSPS) is 11.7. The number of alkyl halides is 3. The molecule has 32 heavy (non-hydrogen) atoms. The fourth-order valence-electron chi connectivity index (χ4n) is 3.41. The molecule has 0 radical (unpaired) electrons. The van der Waals surface area contributed by atoms with Crippen LogP contribution in [0.25, 0.3) is 17.1 Å².